The molecule has 7 nitrogen and oxygen atoms in total. The minimum absolute atomic E-state index is 0.0642. The van der Waals surface area contributed by atoms with Crippen molar-refractivity contribution < 1.29 is 24.0 Å². The Morgan fingerprint density at radius 2 is 2.25 bits per heavy atom. The molecule has 0 aliphatic carbocycles. The Morgan fingerprint density at radius 1 is 1.50 bits per heavy atom. The van der Waals surface area contributed by atoms with E-state index in [1.54, 1.807) is 13.0 Å². The normalized spacial score (nSPS) is 19.0. The topological polar surface area (TPSA) is 94.2 Å². The second-order valence-electron chi connectivity index (χ2n) is 5.93. The summed E-state index contributed by atoms with van der Waals surface area (Å²) in [4.78, 5) is 17.4. The van der Waals surface area contributed by atoms with Gasteiger partial charge in [-0.1, -0.05) is 37.5 Å². The van der Waals surface area contributed by atoms with E-state index in [1.807, 2.05) is 20.8 Å². The fraction of sp³-hybridized carbons (Fsp3) is 0.588. The van der Waals surface area contributed by atoms with Gasteiger partial charge in [0, 0.05) is 6.07 Å². The van der Waals surface area contributed by atoms with Crippen LogP contribution in [0, 0.1) is 0 Å². The number of hydrogen-bond acceptors (Lipinski definition) is 7. The van der Waals surface area contributed by atoms with Gasteiger partial charge in [-0.05, 0) is 19.3 Å². The largest absolute Gasteiger partial charge is 0.511 e. The maximum Gasteiger partial charge on any atom is 0.344 e. The van der Waals surface area contributed by atoms with Gasteiger partial charge in [0.2, 0.25) is 0 Å². The molecule has 2 rings (SSSR count). The number of cyclic esters (lactones) is 1. The lowest BCUT2D eigenvalue weighted by Gasteiger charge is -2.23. The molecule has 1 aromatic rings. The number of aliphatic hydroxyl groups excluding tert-OH is 1. The summed E-state index contributed by atoms with van der Waals surface area (Å²) in [5.74, 6) is -0.0591. The van der Waals surface area contributed by atoms with E-state index in [4.69, 9.17) is 14.1 Å². The maximum absolute atomic E-state index is 12.4. The van der Waals surface area contributed by atoms with Gasteiger partial charge in [-0.2, -0.15) is 0 Å². The molecule has 0 bridgehead atoms. The van der Waals surface area contributed by atoms with Crippen LogP contribution in [0.3, 0.4) is 0 Å². The van der Waals surface area contributed by atoms with Gasteiger partial charge in [0.15, 0.2) is 11.9 Å². The van der Waals surface area contributed by atoms with Crippen molar-refractivity contribution >= 4 is 11.7 Å². The number of hydrogen-bond donors (Lipinski definition) is 1. The molecule has 1 unspecified atom stereocenters. The highest BCUT2D eigenvalue weighted by molar-refractivity contribution is 6.20. The van der Waals surface area contributed by atoms with Gasteiger partial charge >= 0.3 is 5.97 Å². The van der Waals surface area contributed by atoms with Crippen LogP contribution in [0.1, 0.15) is 70.4 Å². The molecule has 0 saturated heterocycles. The van der Waals surface area contributed by atoms with Gasteiger partial charge in [0.1, 0.15) is 17.9 Å². The van der Waals surface area contributed by atoms with Crippen LogP contribution in [0.5, 0.6) is 0 Å². The molecule has 1 atom stereocenters. The van der Waals surface area contributed by atoms with Crippen molar-refractivity contribution in [3.63, 3.8) is 0 Å². The lowest BCUT2D eigenvalue weighted by molar-refractivity contribution is -0.147. The molecule has 132 valence electrons. The summed E-state index contributed by atoms with van der Waals surface area (Å²) in [6, 6.07) is 1.75. The van der Waals surface area contributed by atoms with Crippen LogP contribution < -0.4 is 0 Å². The molecule has 0 amide bonds. The number of nitrogens with zero attached hydrogens (tertiary/aromatic N) is 2. The van der Waals surface area contributed by atoms with Gasteiger partial charge in [-0.15, -0.1) is 0 Å². The SMILES string of the molecule is CCCC(=NOCC)C1=C(O)CC(c2cc(C(C)C)no2)OC1=O. The number of aromatic nitrogens is 1. The van der Waals surface area contributed by atoms with Crippen molar-refractivity contribution in [3.05, 3.63) is 28.9 Å². The van der Waals surface area contributed by atoms with E-state index in [0.29, 0.717) is 24.5 Å². The van der Waals surface area contributed by atoms with E-state index in [2.05, 4.69) is 10.3 Å². The first kappa shape index (κ1) is 18.0. The first-order valence-corrected chi connectivity index (χ1v) is 8.26. The number of carbonyl (C=O) groups excluding carboxylic acids is 1. The quantitative estimate of drug-likeness (QED) is 0.462. The summed E-state index contributed by atoms with van der Waals surface area (Å²) in [5, 5.41) is 18.3. The molecule has 1 aromatic heterocycles. The zero-order valence-electron chi connectivity index (χ0n) is 14.5. The highest BCUT2D eigenvalue weighted by Gasteiger charge is 2.35. The molecule has 0 aromatic carbocycles. The number of carbonyl (C=O) groups is 1. The second-order valence-corrected chi connectivity index (χ2v) is 5.93. The van der Waals surface area contributed by atoms with E-state index >= 15 is 0 Å². The second kappa shape index (κ2) is 7.99. The van der Waals surface area contributed by atoms with Crippen molar-refractivity contribution in [2.75, 3.05) is 6.61 Å². The molecule has 0 radical (unpaired) electrons. The Labute approximate surface area is 141 Å². The first-order valence-electron chi connectivity index (χ1n) is 8.26. The van der Waals surface area contributed by atoms with Crippen molar-refractivity contribution in [2.45, 2.75) is 59.0 Å². The van der Waals surface area contributed by atoms with Gasteiger partial charge in [-0.3, -0.25) is 0 Å². The minimum atomic E-state index is -0.684. The van der Waals surface area contributed by atoms with Crippen LogP contribution >= 0.6 is 0 Å². The highest BCUT2D eigenvalue weighted by Crippen LogP contribution is 2.33. The van der Waals surface area contributed by atoms with E-state index in [1.165, 1.54) is 0 Å². The van der Waals surface area contributed by atoms with Gasteiger partial charge < -0.3 is 19.2 Å². The molecule has 1 N–H and O–H groups in total. The fourth-order valence-electron chi connectivity index (χ4n) is 2.39. The highest BCUT2D eigenvalue weighted by atomic mass is 16.6. The Hall–Kier alpha value is -2.31. The fourth-order valence-corrected chi connectivity index (χ4v) is 2.39. The third kappa shape index (κ3) is 3.96. The van der Waals surface area contributed by atoms with Crippen molar-refractivity contribution in [1.29, 1.82) is 0 Å². The van der Waals surface area contributed by atoms with Crippen LogP contribution in [-0.4, -0.2) is 28.6 Å². The molecule has 1 aliphatic rings. The smallest absolute Gasteiger partial charge is 0.344 e. The first-order chi connectivity index (χ1) is 11.5. The predicted octanol–water partition coefficient (Wildman–Crippen LogP) is 3.79. The molecule has 0 spiro atoms. The summed E-state index contributed by atoms with van der Waals surface area (Å²) in [7, 11) is 0. The lowest BCUT2D eigenvalue weighted by Crippen LogP contribution is -2.26. The van der Waals surface area contributed by atoms with Gasteiger partial charge in [0.25, 0.3) is 0 Å². The predicted molar refractivity (Wildman–Crippen MR) is 87.7 cm³/mol. The summed E-state index contributed by atoms with van der Waals surface area (Å²) in [6.45, 7) is 8.12. The Balaban J connectivity index is 2.25. The minimum Gasteiger partial charge on any atom is -0.511 e. The third-order valence-electron chi connectivity index (χ3n) is 3.66. The summed E-state index contributed by atoms with van der Waals surface area (Å²) in [5.41, 5.74) is 1.27. The summed E-state index contributed by atoms with van der Waals surface area (Å²) in [6.07, 6.45) is 0.720. The van der Waals surface area contributed by atoms with Crippen molar-refractivity contribution in [2.24, 2.45) is 5.16 Å². The van der Waals surface area contributed by atoms with Crippen LogP contribution in [0.2, 0.25) is 0 Å². The Bertz CT molecular complexity index is 645. The van der Waals surface area contributed by atoms with Gasteiger partial charge in [-0.25, -0.2) is 4.79 Å². The number of esters is 1. The van der Waals surface area contributed by atoms with Crippen LogP contribution in [0.25, 0.3) is 0 Å². The van der Waals surface area contributed by atoms with Crippen LogP contribution in [-0.2, 0) is 14.4 Å². The number of oxime groups is 1. The average molecular weight is 336 g/mol. The zero-order valence-corrected chi connectivity index (χ0v) is 14.5. The van der Waals surface area contributed by atoms with Crippen molar-refractivity contribution in [3.8, 4) is 0 Å². The molecule has 2 heterocycles. The van der Waals surface area contributed by atoms with Gasteiger partial charge in [0.05, 0.1) is 17.8 Å². The van der Waals surface area contributed by atoms with E-state index in [0.717, 1.165) is 12.1 Å². The number of ether oxygens (including phenoxy) is 1. The van der Waals surface area contributed by atoms with E-state index < -0.39 is 12.1 Å². The molecular formula is C17H24N2O5. The van der Waals surface area contributed by atoms with Crippen molar-refractivity contribution in [1.82, 2.24) is 5.16 Å². The van der Waals surface area contributed by atoms with E-state index in [9.17, 15) is 9.90 Å². The zero-order chi connectivity index (χ0) is 17.7. The Kier molecular flexibility index (Phi) is 6.00. The molecular weight excluding hydrogens is 312 g/mol. The molecule has 0 saturated carbocycles. The number of aliphatic hydroxyl groups is 1. The van der Waals surface area contributed by atoms with Crippen LogP contribution in [0.4, 0.5) is 0 Å². The molecule has 0 fully saturated rings. The van der Waals surface area contributed by atoms with Crippen LogP contribution in [0.15, 0.2) is 27.1 Å². The standard InChI is InChI=1S/C17H24N2O5/c1-5-7-11(18-22-6-2)16-13(20)9-14(23-17(16)21)15-8-12(10(3)4)19-24-15/h8,10,14,20H,5-7,9H2,1-4H3. The summed E-state index contributed by atoms with van der Waals surface area (Å²) < 4.78 is 10.7. The molecule has 7 heteroatoms. The monoisotopic (exact) mass is 336 g/mol. The lowest BCUT2D eigenvalue weighted by atomic mass is 9.98. The van der Waals surface area contributed by atoms with E-state index in [-0.39, 0.29) is 23.7 Å². The number of rotatable bonds is 7. The maximum atomic E-state index is 12.4. The Morgan fingerprint density at radius 3 is 2.79 bits per heavy atom. The summed E-state index contributed by atoms with van der Waals surface area (Å²) >= 11 is 0. The third-order valence-corrected chi connectivity index (χ3v) is 3.66. The average Bonchev–Trinajstić information content (AvgIpc) is 3.02. The molecule has 1 aliphatic heterocycles. The molecule has 24 heavy (non-hydrogen) atoms.